The van der Waals surface area contributed by atoms with Crippen molar-refractivity contribution in [2.45, 2.75) is 26.3 Å². The summed E-state index contributed by atoms with van der Waals surface area (Å²) in [4.78, 5) is 24.1. The van der Waals surface area contributed by atoms with Gasteiger partial charge in [-0.25, -0.2) is 4.79 Å². The van der Waals surface area contributed by atoms with Crippen LogP contribution in [-0.2, 0) is 14.3 Å². The Kier molecular flexibility index (Phi) is 6.57. The zero-order valence-electron chi connectivity index (χ0n) is 14.7. The zero-order valence-corrected chi connectivity index (χ0v) is 14.7. The molecule has 1 unspecified atom stereocenters. The van der Waals surface area contributed by atoms with E-state index in [0.29, 0.717) is 5.56 Å². The Bertz CT molecular complexity index is 728. The fraction of sp³-hybridized carbons (Fsp3) is 0.300. The summed E-state index contributed by atoms with van der Waals surface area (Å²) in [5.41, 5.74) is 2.87. The average molecular weight is 341 g/mol. The van der Waals surface area contributed by atoms with Gasteiger partial charge in [0.2, 0.25) is 5.91 Å². The first kappa shape index (κ1) is 18.5. The molecule has 0 aliphatic rings. The molecule has 0 saturated heterocycles. The van der Waals surface area contributed by atoms with Gasteiger partial charge in [-0.2, -0.15) is 0 Å². The van der Waals surface area contributed by atoms with Gasteiger partial charge in [-0.3, -0.25) is 4.79 Å². The van der Waals surface area contributed by atoms with E-state index in [1.807, 2.05) is 38.1 Å². The molecule has 2 aromatic carbocycles. The number of hydrogen-bond donors (Lipinski definition) is 1. The summed E-state index contributed by atoms with van der Waals surface area (Å²) >= 11 is 0. The molecule has 5 heteroatoms. The summed E-state index contributed by atoms with van der Waals surface area (Å²) in [6, 6.07) is 14.0. The Balaban J connectivity index is 1.93. The lowest BCUT2D eigenvalue weighted by molar-refractivity contribution is -0.145. The van der Waals surface area contributed by atoms with Crippen LogP contribution in [0.5, 0.6) is 5.75 Å². The van der Waals surface area contributed by atoms with Crippen LogP contribution in [0.1, 0.15) is 29.2 Å². The molecule has 0 saturated carbocycles. The highest BCUT2D eigenvalue weighted by Crippen LogP contribution is 2.20. The van der Waals surface area contributed by atoms with Gasteiger partial charge in [0, 0.05) is 0 Å². The van der Waals surface area contributed by atoms with Gasteiger partial charge >= 0.3 is 5.97 Å². The molecule has 1 atom stereocenters. The van der Waals surface area contributed by atoms with Crippen molar-refractivity contribution in [1.29, 1.82) is 0 Å². The van der Waals surface area contributed by atoms with E-state index in [0.717, 1.165) is 16.9 Å². The first-order valence-electron chi connectivity index (χ1n) is 8.14. The predicted octanol–water partition coefficient (Wildman–Crippen LogP) is 3.10. The van der Waals surface area contributed by atoms with Crippen LogP contribution in [0.15, 0.2) is 48.5 Å². The maximum atomic E-state index is 12.2. The maximum Gasteiger partial charge on any atom is 0.333 e. The predicted molar refractivity (Wildman–Crippen MR) is 95.4 cm³/mol. The van der Waals surface area contributed by atoms with E-state index < -0.39 is 12.0 Å². The lowest BCUT2D eigenvalue weighted by Gasteiger charge is -2.17. The van der Waals surface area contributed by atoms with Crippen molar-refractivity contribution in [1.82, 2.24) is 5.32 Å². The third kappa shape index (κ3) is 5.08. The molecule has 2 aromatic rings. The van der Waals surface area contributed by atoms with Crippen molar-refractivity contribution in [2.75, 3.05) is 13.7 Å². The van der Waals surface area contributed by atoms with Gasteiger partial charge in [0.15, 0.2) is 6.04 Å². The number of nitrogens with one attached hydrogen (secondary N) is 1. The number of hydrogen-bond acceptors (Lipinski definition) is 4. The third-order valence-electron chi connectivity index (χ3n) is 4.02. The number of methoxy groups -OCH3 is 1. The van der Waals surface area contributed by atoms with Crippen LogP contribution < -0.4 is 10.1 Å². The maximum absolute atomic E-state index is 12.2. The molecular formula is C20H23NO4. The van der Waals surface area contributed by atoms with Gasteiger partial charge in [-0.05, 0) is 36.6 Å². The minimum Gasteiger partial charge on any atom is -0.493 e. The minimum atomic E-state index is -0.820. The SMILES string of the molecule is COC(=O)C(NC(=O)CCOc1cccc(C)c1C)c1ccccc1. The van der Waals surface area contributed by atoms with Crippen LogP contribution in [0.4, 0.5) is 0 Å². The highest BCUT2D eigenvalue weighted by Gasteiger charge is 2.23. The standard InChI is InChI=1S/C20H23NO4/c1-14-8-7-11-17(15(14)2)25-13-12-18(22)21-19(20(23)24-3)16-9-5-4-6-10-16/h4-11,19H,12-13H2,1-3H3,(H,21,22). The van der Waals surface area contributed by atoms with E-state index in [-0.39, 0.29) is 18.9 Å². The van der Waals surface area contributed by atoms with E-state index >= 15 is 0 Å². The fourth-order valence-corrected chi connectivity index (χ4v) is 2.41. The quantitative estimate of drug-likeness (QED) is 0.786. The highest BCUT2D eigenvalue weighted by atomic mass is 16.5. The molecule has 0 spiro atoms. The summed E-state index contributed by atoms with van der Waals surface area (Å²) in [6.07, 6.45) is 0.147. The Morgan fingerprint density at radius 3 is 2.44 bits per heavy atom. The molecule has 0 heterocycles. The van der Waals surface area contributed by atoms with Crippen molar-refractivity contribution in [2.24, 2.45) is 0 Å². The summed E-state index contributed by atoms with van der Waals surface area (Å²) in [7, 11) is 1.30. The van der Waals surface area contributed by atoms with Gasteiger partial charge in [0.05, 0.1) is 20.1 Å². The summed E-state index contributed by atoms with van der Waals surface area (Å²) in [5.74, 6) is -0.0140. The number of carbonyl (C=O) groups excluding carboxylic acids is 2. The van der Waals surface area contributed by atoms with Gasteiger partial charge in [0.1, 0.15) is 5.75 Å². The summed E-state index contributed by atoms with van der Waals surface area (Å²) < 4.78 is 10.5. The number of esters is 1. The van der Waals surface area contributed by atoms with Gasteiger partial charge in [-0.1, -0.05) is 42.5 Å². The van der Waals surface area contributed by atoms with Crippen molar-refractivity contribution >= 4 is 11.9 Å². The smallest absolute Gasteiger partial charge is 0.333 e. The Morgan fingerprint density at radius 1 is 1.04 bits per heavy atom. The van der Waals surface area contributed by atoms with E-state index in [9.17, 15) is 9.59 Å². The van der Waals surface area contributed by atoms with E-state index in [1.54, 1.807) is 24.3 Å². The largest absolute Gasteiger partial charge is 0.493 e. The Hall–Kier alpha value is -2.82. The van der Waals surface area contributed by atoms with Crippen LogP contribution in [0.25, 0.3) is 0 Å². The molecule has 0 fully saturated rings. The molecule has 0 bridgehead atoms. The van der Waals surface area contributed by atoms with Crippen molar-refractivity contribution in [3.63, 3.8) is 0 Å². The minimum absolute atomic E-state index is 0.147. The van der Waals surface area contributed by atoms with Gasteiger partial charge < -0.3 is 14.8 Å². The van der Waals surface area contributed by atoms with Gasteiger partial charge in [0.25, 0.3) is 0 Å². The lowest BCUT2D eigenvalue weighted by Crippen LogP contribution is -2.35. The zero-order chi connectivity index (χ0) is 18.2. The van der Waals surface area contributed by atoms with Crippen LogP contribution in [0.3, 0.4) is 0 Å². The van der Waals surface area contributed by atoms with Crippen LogP contribution >= 0.6 is 0 Å². The molecule has 132 valence electrons. The summed E-state index contributed by atoms with van der Waals surface area (Å²) in [5, 5.41) is 2.70. The topological polar surface area (TPSA) is 64.6 Å². The molecule has 5 nitrogen and oxygen atoms in total. The number of aryl methyl sites for hydroxylation is 1. The fourth-order valence-electron chi connectivity index (χ4n) is 2.41. The van der Waals surface area contributed by atoms with Gasteiger partial charge in [-0.15, -0.1) is 0 Å². The number of ether oxygens (including phenoxy) is 2. The Labute approximate surface area is 148 Å². The summed E-state index contributed by atoms with van der Waals surface area (Å²) in [6.45, 7) is 4.22. The number of rotatable bonds is 7. The molecular weight excluding hydrogens is 318 g/mol. The van der Waals surface area contributed by atoms with Crippen molar-refractivity contribution in [3.05, 3.63) is 65.2 Å². The molecule has 0 aliphatic carbocycles. The van der Waals surface area contributed by atoms with E-state index in [2.05, 4.69) is 5.32 Å². The molecule has 0 aromatic heterocycles. The second-order valence-electron chi connectivity index (χ2n) is 5.73. The Morgan fingerprint density at radius 2 is 1.76 bits per heavy atom. The first-order valence-corrected chi connectivity index (χ1v) is 8.14. The molecule has 2 rings (SSSR count). The molecule has 1 N–H and O–H groups in total. The second-order valence-corrected chi connectivity index (χ2v) is 5.73. The second kappa shape index (κ2) is 8.87. The van der Waals surface area contributed by atoms with Crippen molar-refractivity contribution in [3.8, 4) is 5.75 Å². The number of carbonyl (C=O) groups is 2. The third-order valence-corrected chi connectivity index (χ3v) is 4.02. The van der Waals surface area contributed by atoms with E-state index in [1.165, 1.54) is 7.11 Å². The van der Waals surface area contributed by atoms with Crippen LogP contribution in [0.2, 0.25) is 0 Å². The molecule has 25 heavy (non-hydrogen) atoms. The van der Waals surface area contributed by atoms with Crippen LogP contribution in [-0.4, -0.2) is 25.6 Å². The van der Waals surface area contributed by atoms with E-state index in [4.69, 9.17) is 9.47 Å². The first-order chi connectivity index (χ1) is 12.0. The lowest BCUT2D eigenvalue weighted by atomic mass is 10.1. The number of benzene rings is 2. The monoisotopic (exact) mass is 341 g/mol. The highest BCUT2D eigenvalue weighted by molar-refractivity contribution is 5.85. The molecule has 1 amide bonds. The van der Waals surface area contributed by atoms with Crippen LogP contribution in [0, 0.1) is 13.8 Å². The number of amides is 1. The van der Waals surface area contributed by atoms with Crippen molar-refractivity contribution < 1.29 is 19.1 Å². The molecule has 0 aliphatic heterocycles. The molecule has 0 radical (unpaired) electrons. The average Bonchev–Trinajstić information content (AvgIpc) is 2.63. The normalized spacial score (nSPS) is 11.5.